The van der Waals surface area contributed by atoms with E-state index in [4.69, 9.17) is 9.72 Å². The van der Waals surface area contributed by atoms with Gasteiger partial charge in [-0.25, -0.2) is 23.1 Å². The lowest BCUT2D eigenvalue weighted by Crippen LogP contribution is -2.26. The predicted octanol–water partition coefficient (Wildman–Crippen LogP) is 6.36. The molecule has 5 aromatic rings. The van der Waals surface area contributed by atoms with E-state index in [2.05, 4.69) is 35.9 Å². The van der Waals surface area contributed by atoms with Crippen LogP contribution in [0.1, 0.15) is 6.42 Å². The SMILES string of the molecule is COc1cccc(-c2nc(-c3ccccc3)[nH]c2-c2ccnc(NCCCNS(=O)(=O)c3ccc(Br)cc3)c2)c1. The number of halogens is 1. The molecule has 204 valence electrons. The fourth-order valence-corrected chi connectivity index (χ4v) is 5.52. The summed E-state index contributed by atoms with van der Waals surface area (Å²) in [4.78, 5) is 13.1. The zero-order valence-corrected chi connectivity index (χ0v) is 24.2. The van der Waals surface area contributed by atoms with Crippen LogP contribution in [0.4, 0.5) is 5.82 Å². The lowest BCUT2D eigenvalue weighted by molar-refractivity contribution is 0.415. The molecule has 0 spiro atoms. The van der Waals surface area contributed by atoms with Gasteiger partial charge in [-0.05, 0) is 55.0 Å². The number of imidazole rings is 1. The minimum Gasteiger partial charge on any atom is -0.497 e. The number of ether oxygens (including phenoxy) is 1. The molecule has 3 N–H and O–H groups in total. The van der Waals surface area contributed by atoms with Gasteiger partial charge in [0.25, 0.3) is 0 Å². The van der Waals surface area contributed by atoms with Crippen LogP contribution in [0, 0.1) is 0 Å². The van der Waals surface area contributed by atoms with Crippen molar-refractivity contribution in [2.45, 2.75) is 11.3 Å². The van der Waals surface area contributed by atoms with E-state index in [0.717, 1.165) is 44.1 Å². The van der Waals surface area contributed by atoms with Crippen molar-refractivity contribution in [2.24, 2.45) is 0 Å². The molecule has 0 atom stereocenters. The monoisotopic (exact) mass is 617 g/mol. The van der Waals surface area contributed by atoms with Gasteiger partial charge in [-0.3, -0.25) is 0 Å². The third-order valence-corrected chi connectivity index (χ3v) is 8.22. The van der Waals surface area contributed by atoms with Crippen molar-refractivity contribution in [1.82, 2.24) is 19.7 Å². The van der Waals surface area contributed by atoms with Crippen LogP contribution in [-0.2, 0) is 10.0 Å². The fraction of sp³-hybridized carbons (Fsp3) is 0.133. The van der Waals surface area contributed by atoms with Crippen LogP contribution in [0.15, 0.2) is 107 Å². The lowest BCUT2D eigenvalue weighted by Gasteiger charge is -2.10. The van der Waals surface area contributed by atoms with E-state index in [1.54, 1.807) is 37.6 Å². The van der Waals surface area contributed by atoms with Crippen LogP contribution in [0.25, 0.3) is 33.9 Å². The van der Waals surface area contributed by atoms with E-state index in [9.17, 15) is 8.42 Å². The Morgan fingerprint density at radius 3 is 2.42 bits per heavy atom. The maximum Gasteiger partial charge on any atom is 0.240 e. The van der Waals surface area contributed by atoms with Gasteiger partial charge in [0, 0.05) is 40.4 Å². The summed E-state index contributed by atoms with van der Waals surface area (Å²) >= 11 is 3.32. The van der Waals surface area contributed by atoms with Crippen molar-refractivity contribution in [2.75, 3.05) is 25.5 Å². The molecule has 0 aliphatic rings. The van der Waals surface area contributed by atoms with Crippen molar-refractivity contribution in [3.8, 4) is 39.7 Å². The van der Waals surface area contributed by atoms with Crippen LogP contribution in [0.3, 0.4) is 0 Å². The predicted molar refractivity (Wildman–Crippen MR) is 162 cm³/mol. The molecule has 0 aliphatic carbocycles. The van der Waals surface area contributed by atoms with Crippen LogP contribution in [0.2, 0.25) is 0 Å². The summed E-state index contributed by atoms with van der Waals surface area (Å²) in [6.07, 6.45) is 2.32. The number of H-pyrrole nitrogens is 1. The van der Waals surface area contributed by atoms with Gasteiger partial charge < -0.3 is 15.0 Å². The Morgan fingerprint density at radius 2 is 1.65 bits per heavy atom. The number of rotatable bonds is 11. The number of sulfonamides is 1. The quantitative estimate of drug-likeness (QED) is 0.149. The second kappa shape index (κ2) is 12.5. The maximum atomic E-state index is 12.5. The summed E-state index contributed by atoms with van der Waals surface area (Å²) in [5.41, 5.74) is 4.49. The summed E-state index contributed by atoms with van der Waals surface area (Å²) in [6, 6.07) is 28.2. The Labute approximate surface area is 242 Å². The highest BCUT2D eigenvalue weighted by atomic mass is 79.9. The summed E-state index contributed by atoms with van der Waals surface area (Å²) < 4.78 is 33.9. The fourth-order valence-electron chi connectivity index (χ4n) is 4.19. The normalized spacial score (nSPS) is 11.3. The Morgan fingerprint density at radius 1 is 0.875 bits per heavy atom. The standard InChI is InChI=1S/C30H28BrN5O3S/c1-39-25-10-5-9-22(19-25)28-29(36-30(35-28)21-7-3-2-4-8-21)23-15-18-33-27(20-23)32-16-6-17-34-40(37,38)26-13-11-24(31)12-14-26/h2-5,7-15,18-20,34H,6,16-17H2,1H3,(H,32,33)(H,35,36). The molecular weight excluding hydrogens is 590 g/mol. The zero-order valence-electron chi connectivity index (χ0n) is 21.8. The van der Waals surface area contributed by atoms with Crippen molar-refractivity contribution >= 4 is 31.8 Å². The van der Waals surface area contributed by atoms with Crippen molar-refractivity contribution < 1.29 is 13.2 Å². The second-order valence-electron chi connectivity index (χ2n) is 8.97. The van der Waals surface area contributed by atoms with Crippen LogP contribution in [-0.4, -0.2) is 43.6 Å². The average molecular weight is 619 g/mol. The van der Waals surface area contributed by atoms with Gasteiger partial charge in [0.1, 0.15) is 17.4 Å². The van der Waals surface area contributed by atoms with E-state index >= 15 is 0 Å². The highest BCUT2D eigenvalue weighted by molar-refractivity contribution is 9.10. The Bertz CT molecular complexity index is 1690. The Balaban J connectivity index is 1.31. The topological polar surface area (TPSA) is 109 Å². The van der Waals surface area contributed by atoms with Gasteiger partial charge in [0.2, 0.25) is 10.0 Å². The van der Waals surface area contributed by atoms with E-state index in [1.165, 1.54) is 0 Å². The van der Waals surface area contributed by atoms with E-state index < -0.39 is 10.0 Å². The molecule has 0 saturated carbocycles. The van der Waals surface area contributed by atoms with E-state index in [1.807, 2.05) is 66.7 Å². The van der Waals surface area contributed by atoms with Crippen LogP contribution in [0.5, 0.6) is 5.75 Å². The molecule has 0 radical (unpaired) electrons. The summed E-state index contributed by atoms with van der Waals surface area (Å²) in [6.45, 7) is 0.840. The number of nitrogens with one attached hydrogen (secondary N) is 3. The van der Waals surface area contributed by atoms with Crippen molar-refractivity contribution in [3.05, 3.63) is 102 Å². The molecule has 0 unspecified atom stereocenters. The van der Waals surface area contributed by atoms with E-state index in [0.29, 0.717) is 25.3 Å². The van der Waals surface area contributed by atoms with Crippen molar-refractivity contribution in [1.29, 1.82) is 0 Å². The smallest absolute Gasteiger partial charge is 0.240 e. The molecule has 10 heteroatoms. The van der Waals surface area contributed by atoms with Gasteiger partial charge >= 0.3 is 0 Å². The third kappa shape index (κ3) is 6.59. The number of benzene rings is 3. The summed E-state index contributed by atoms with van der Waals surface area (Å²) in [5, 5.41) is 3.30. The minimum absolute atomic E-state index is 0.235. The number of methoxy groups -OCH3 is 1. The molecule has 0 bridgehead atoms. The first-order valence-electron chi connectivity index (χ1n) is 12.7. The Hall–Kier alpha value is -3.99. The average Bonchev–Trinajstić information content (AvgIpc) is 3.44. The number of pyridine rings is 1. The molecule has 0 amide bonds. The molecule has 8 nitrogen and oxygen atoms in total. The van der Waals surface area contributed by atoms with Gasteiger partial charge in [0.05, 0.1) is 23.4 Å². The molecule has 2 heterocycles. The minimum atomic E-state index is -3.56. The van der Waals surface area contributed by atoms with Gasteiger partial charge in [-0.15, -0.1) is 0 Å². The Kier molecular flexibility index (Phi) is 8.59. The zero-order chi connectivity index (χ0) is 28.0. The molecule has 3 aromatic carbocycles. The lowest BCUT2D eigenvalue weighted by atomic mass is 10.1. The number of anilines is 1. The molecule has 0 saturated heterocycles. The largest absolute Gasteiger partial charge is 0.497 e. The number of aromatic nitrogens is 3. The molecule has 0 fully saturated rings. The maximum absolute atomic E-state index is 12.5. The molecule has 40 heavy (non-hydrogen) atoms. The number of hydrogen-bond acceptors (Lipinski definition) is 6. The first-order valence-corrected chi connectivity index (χ1v) is 15.0. The molecular formula is C30H28BrN5O3S. The van der Waals surface area contributed by atoms with Crippen LogP contribution < -0.4 is 14.8 Å². The summed E-state index contributed by atoms with van der Waals surface area (Å²) in [5.74, 6) is 2.19. The third-order valence-electron chi connectivity index (χ3n) is 6.22. The van der Waals surface area contributed by atoms with Gasteiger partial charge in [-0.1, -0.05) is 58.4 Å². The van der Waals surface area contributed by atoms with Gasteiger partial charge in [-0.2, -0.15) is 0 Å². The van der Waals surface area contributed by atoms with Crippen molar-refractivity contribution in [3.63, 3.8) is 0 Å². The first-order chi connectivity index (χ1) is 19.4. The summed E-state index contributed by atoms with van der Waals surface area (Å²) in [7, 11) is -1.91. The number of hydrogen-bond donors (Lipinski definition) is 3. The number of aromatic amines is 1. The van der Waals surface area contributed by atoms with E-state index in [-0.39, 0.29) is 4.90 Å². The first kappa shape index (κ1) is 27.6. The highest BCUT2D eigenvalue weighted by Gasteiger charge is 2.17. The number of nitrogens with zero attached hydrogens (tertiary/aromatic N) is 2. The van der Waals surface area contributed by atoms with Crippen LogP contribution >= 0.6 is 15.9 Å². The van der Waals surface area contributed by atoms with Gasteiger partial charge in [0.15, 0.2) is 0 Å². The second-order valence-corrected chi connectivity index (χ2v) is 11.7. The molecule has 2 aromatic heterocycles. The molecule has 5 rings (SSSR count). The highest BCUT2D eigenvalue weighted by Crippen LogP contribution is 2.34. The molecule has 0 aliphatic heterocycles.